The molecule has 1 aromatic heterocycles. The minimum Gasteiger partial charge on any atom is -0.497 e. The highest BCUT2D eigenvalue weighted by molar-refractivity contribution is 5.58. The normalized spacial score (nSPS) is 12.1. The van der Waals surface area contributed by atoms with Crippen LogP contribution >= 0.6 is 0 Å². The second kappa shape index (κ2) is 5.49. The van der Waals surface area contributed by atoms with E-state index in [-0.39, 0.29) is 23.7 Å². The van der Waals surface area contributed by atoms with Crippen LogP contribution in [0.15, 0.2) is 47.3 Å². The molecule has 1 N–H and O–H groups in total. The molecule has 6 heteroatoms. The van der Waals surface area contributed by atoms with Gasteiger partial charge >= 0.3 is 0 Å². The average molecular weight is 324 g/mol. The van der Waals surface area contributed by atoms with Crippen LogP contribution < -0.4 is 15.0 Å². The number of hydrogen-bond acceptors (Lipinski definition) is 4. The van der Waals surface area contributed by atoms with Crippen LogP contribution in [-0.4, -0.2) is 17.1 Å². The van der Waals surface area contributed by atoms with Crippen LogP contribution in [0.4, 0.5) is 4.39 Å². The average Bonchev–Trinajstić information content (AvgIpc) is 2.60. The number of nitrogens with one attached hydrogen (secondary N) is 1. The third-order valence-electron chi connectivity index (χ3n) is 3.94. The molecule has 0 aliphatic carbocycles. The highest BCUT2D eigenvalue weighted by atomic mass is 19.1. The van der Waals surface area contributed by atoms with E-state index in [1.54, 1.807) is 37.4 Å². The van der Waals surface area contributed by atoms with E-state index in [9.17, 15) is 9.18 Å². The van der Waals surface area contributed by atoms with Crippen molar-refractivity contribution in [1.82, 2.24) is 9.97 Å². The number of ether oxygens (including phenoxy) is 2. The smallest absolute Gasteiger partial charge is 0.258 e. The Kier molecular flexibility index (Phi) is 3.30. The van der Waals surface area contributed by atoms with Crippen LogP contribution in [0.5, 0.6) is 17.4 Å². The molecular formula is C18H13FN2O3. The maximum atomic E-state index is 13.4. The quantitative estimate of drug-likeness (QED) is 0.614. The summed E-state index contributed by atoms with van der Waals surface area (Å²) in [6, 6.07) is 11.4. The molecule has 2 heterocycles. The van der Waals surface area contributed by atoms with Crippen molar-refractivity contribution < 1.29 is 13.9 Å². The number of methoxy groups -OCH3 is 1. The first-order chi connectivity index (χ1) is 11.6. The summed E-state index contributed by atoms with van der Waals surface area (Å²) in [5.41, 5.74) is 1.47. The number of H-pyrrole nitrogens is 1. The standard InChI is InChI=1S/C18H13FN2O3/c1-23-13-5-2-10(3-6-13)16-20-17(22)14-9-11-8-12(19)4-7-15(11)24-18(14)21-16/h2-8H,9H2,1H3,(H,20,21,22). The lowest BCUT2D eigenvalue weighted by Gasteiger charge is -2.19. The molecule has 0 saturated carbocycles. The Morgan fingerprint density at radius 2 is 2.00 bits per heavy atom. The van der Waals surface area contributed by atoms with Crippen molar-refractivity contribution in [2.75, 3.05) is 7.11 Å². The Morgan fingerprint density at radius 1 is 1.21 bits per heavy atom. The molecule has 0 spiro atoms. The van der Waals surface area contributed by atoms with Crippen LogP contribution in [0.3, 0.4) is 0 Å². The van der Waals surface area contributed by atoms with Gasteiger partial charge in [0.15, 0.2) is 0 Å². The van der Waals surface area contributed by atoms with E-state index in [1.807, 2.05) is 0 Å². The zero-order valence-corrected chi connectivity index (χ0v) is 12.8. The summed E-state index contributed by atoms with van der Waals surface area (Å²) in [4.78, 5) is 19.5. The van der Waals surface area contributed by atoms with Gasteiger partial charge < -0.3 is 14.5 Å². The molecule has 1 aliphatic rings. The molecule has 24 heavy (non-hydrogen) atoms. The second-order valence-corrected chi connectivity index (χ2v) is 5.46. The van der Waals surface area contributed by atoms with Gasteiger partial charge in [-0.3, -0.25) is 4.79 Å². The Balaban J connectivity index is 1.77. The van der Waals surface area contributed by atoms with Crippen molar-refractivity contribution in [2.45, 2.75) is 6.42 Å². The minimum atomic E-state index is -0.361. The third-order valence-corrected chi connectivity index (χ3v) is 3.94. The SMILES string of the molecule is COc1ccc(-c2nc3c(c(=O)[nH]2)Cc2cc(F)ccc2O3)cc1. The van der Waals surface area contributed by atoms with Gasteiger partial charge in [0, 0.05) is 17.5 Å². The van der Waals surface area contributed by atoms with Crippen molar-refractivity contribution in [3.63, 3.8) is 0 Å². The molecule has 2 aromatic carbocycles. The molecular weight excluding hydrogens is 311 g/mol. The predicted molar refractivity (Wildman–Crippen MR) is 86.1 cm³/mol. The Hall–Kier alpha value is -3.15. The topological polar surface area (TPSA) is 64.2 Å². The van der Waals surface area contributed by atoms with Crippen LogP contribution in [-0.2, 0) is 6.42 Å². The molecule has 5 nitrogen and oxygen atoms in total. The first-order valence-corrected chi connectivity index (χ1v) is 7.38. The van der Waals surface area contributed by atoms with E-state index >= 15 is 0 Å². The van der Waals surface area contributed by atoms with Crippen molar-refractivity contribution in [1.29, 1.82) is 0 Å². The van der Waals surface area contributed by atoms with Gasteiger partial charge in [0.25, 0.3) is 5.56 Å². The van der Waals surface area contributed by atoms with Gasteiger partial charge in [-0.15, -0.1) is 0 Å². The lowest BCUT2D eigenvalue weighted by atomic mass is 10.0. The number of benzene rings is 2. The summed E-state index contributed by atoms with van der Waals surface area (Å²) >= 11 is 0. The summed E-state index contributed by atoms with van der Waals surface area (Å²) in [5.74, 6) is 1.53. The van der Waals surface area contributed by atoms with Crippen LogP contribution in [0, 0.1) is 5.82 Å². The zero-order chi connectivity index (χ0) is 16.7. The van der Waals surface area contributed by atoms with E-state index in [1.165, 1.54) is 12.1 Å². The largest absolute Gasteiger partial charge is 0.497 e. The van der Waals surface area contributed by atoms with E-state index < -0.39 is 0 Å². The first kappa shape index (κ1) is 14.4. The van der Waals surface area contributed by atoms with Gasteiger partial charge in [-0.05, 0) is 42.5 Å². The first-order valence-electron chi connectivity index (χ1n) is 7.38. The van der Waals surface area contributed by atoms with Crippen molar-refractivity contribution >= 4 is 0 Å². The Morgan fingerprint density at radius 3 is 2.75 bits per heavy atom. The van der Waals surface area contributed by atoms with E-state index in [2.05, 4.69) is 9.97 Å². The third kappa shape index (κ3) is 2.42. The molecule has 0 bridgehead atoms. The van der Waals surface area contributed by atoms with Crippen LogP contribution in [0.2, 0.25) is 0 Å². The molecule has 1 aliphatic heterocycles. The molecule has 0 fully saturated rings. The fourth-order valence-corrected chi connectivity index (χ4v) is 2.68. The molecule has 0 amide bonds. The summed E-state index contributed by atoms with van der Waals surface area (Å²) < 4.78 is 24.2. The second-order valence-electron chi connectivity index (χ2n) is 5.46. The summed E-state index contributed by atoms with van der Waals surface area (Å²) in [6.45, 7) is 0. The van der Waals surface area contributed by atoms with Crippen molar-refractivity contribution in [3.8, 4) is 28.8 Å². The molecule has 0 unspecified atom stereocenters. The maximum absolute atomic E-state index is 13.4. The number of aromatic amines is 1. The Bertz CT molecular complexity index is 981. The number of hydrogen-bond donors (Lipinski definition) is 1. The number of fused-ring (bicyclic) bond motifs is 2. The van der Waals surface area contributed by atoms with Gasteiger partial charge in [-0.2, -0.15) is 4.98 Å². The van der Waals surface area contributed by atoms with Gasteiger partial charge in [-0.1, -0.05) is 0 Å². The molecule has 0 atom stereocenters. The van der Waals surface area contributed by atoms with E-state index in [0.29, 0.717) is 28.5 Å². The fourth-order valence-electron chi connectivity index (χ4n) is 2.68. The number of rotatable bonds is 2. The summed E-state index contributed by atoms with van der Waals surface area (Å²) in [7, 11) is 1.59. The van der Waals surface area contributed by atoms with Crippen LogP contribution in [0.25, 0.3) is 11.4 Å². The number of aromatic nitrogens is 2. The monoisotopic (exact) mass is 324 g/mol. The lowest BCUT2D eigenvalue weighted by molar-refractivity contribution is 0.415. The molecule has 4 rings (SSSR count). The number of nitrogens with zero attached hydrogens (tertiary/aromatic N) is 1. The van der Waals surface area contributed by atoms with Crippen molar-refractivity contribution in [2.24, 2.45) is 0 Å². The van der Waals surface area contributed by atoms with Crippen LogP contribution in [0.1, 0.15) is 11.1 Å². The minimum absolute atomic E-state index is 0.253. The summed E-state index contributed by atoms with van der Waals surface area (Å²) in [5, 5.41) is 0. The highest BCUT2D eigenvalue weighted by Gasteiger charge is 2.22. The predicted octanol–water partition coefficient (Wildman–Crippen LogP) is 3.28. The van der Waals surface area contributed by atoms with Gasteiger partial charge in [-0.25, -0.2) is 4.39 Å². The summed E-state index contributed by atoms with van der Waals surface area (Å²) in [6.07, 6.45) is 0.285. The van der Waals surface area contributed by atoms with Gasteiger partial charge in [0.05, 0.1) is 12.7 Å². The highest BCUT2D eigenvalue weighted by Crippen LogP contribution is 2.34. The van der Waals surface area contributed by atoms with E-state index in [0.717, 1.165) is 5.56 Å². The van der Waals surface area contributed by atoms with Gasteiger partial charge in [0.1, 0.15) is 23.1 Å². The molecule has 0 saturated heterocycles. The Labute approximate surface area is 136 Å². The molecule has 120 valence electrons. The zero-order valence-electron chi connectivity index (χ0n) is 12.8. The fraction of sp³-hybridized carbons (Fsp3) is 0.111. The number of halogens is 1. The van der Waals surface area contributed by atoms with Crippen molar-refractivity contribution in [3.05, 3.63) is 69.8 Å². The maximum Gasteiger partial charge on any atom is 0.258 e. The van der Waals surface area contributed by atoms with Gasteiger partial charge in [0.2, 0.25) is 5.88 Å². The lowest BCUT2D eigenvalue weighted by Crippen LogP contribution is -2.20. The molecule has 0 radical (unpaired) electrons. The molecule has 3 aromatic rings. The van der Waals surface area contributed by atoms with E-state index in [4.69, 9.17) is 9.47 Å².